The molecular weight excluding hydrogens is 416 g/mol. The van der Waals surface area contributed by atoms with Gasteiger partial charge in [-0.15, -0.1) is 11.8 Å². The summed E-state index contributed by atoms with van der Waals surface area (Å²) in [5.74, 6) is 1.18. The molecule has 172 valence electrons. The molecule has 5 heteroatoms. The maximum atomic E-state index is 13.4. The first-order valence-electron chi connectivity index (χ1n) is 11.8. The van der Waals surface area contributed by atoms with Gasteiger partial charge in [-0.05, 0) is 49.8 Å². The van der Waals surface area contributed by atoms with Gasteiger partial charge in [-0.3, -0.25) is 9.59 Å². The molecule has 1 N–H and O–H groups in total. The zero-order valence-electron chi connectivity index (χ0n) is 19.6. The molecule has 2 aromatic carbocycles. The van der Waals surface area contributed by atoms with Crippen molar-refractivity contribution in [3.63, 3.8) is 0 Å². The number of hydrogen-bond donors (Lipinski definition) is 1. The standard InChI is InChI=1S/C27H36N2O2S/c1-4-25(27(31)28-24-11-7-8-12-24)29(17-22-15-13-20(2)14-16-22)26(30)19-32-18-23-10-6-5-9-21(23)3/h5-6,9-10,13-16,24-25H,4,7-8,11-12,17-19H2,1-3H3,(H,28,31). The fourth-order valence-electron chi connectivity index (χ4n) is 4.28. The van der Waals surface area contributed by atoms with Gasteiger partial charge in [0.2, 0.25) is 11.8 Å². The van der Waals surface area contributed by atoms with Gasteiger partial charge >= 0.3 is 0 Å². The van der Waals surface area contributed by atoms with Crippen LogP contribution in [0.5, 0.6) is 0 Å². The average molecular weight is 453 g/mol. The number of amides is 2. The van der Waals surface area contributed by atoms with E-state index in [4.69, 9.17) is 0 Å². The first kappa shape index (κ1) is 24.4. The minimum absolute atomic E-state index is 0.0104. The van der Waals surface area contributed by atoms with Gasteiger partial charge in [-0.2, -0.15) is 0 Å². The highest BCUT2D eigenvalue weighted by Gasteiger charge is 2.30. The molecule has 2 amide bonds. The molecule has 1 aliphatic carbocycles. The Balaban J connectivity index is 1.70. The lowest BCUT2D eigenvalue weighted by atomic mass is 10.1. The van der Waals surface area contributed by atoms with Crippen LogP contribution in [0.4, 0.5) is 0 Å². The minimum atomic E-state index is -0.441. The molecule has 1 unspecified atom stereocenters. The molecule has 32 heavy (non-hydrogen) atoms. The molecular formula is C27H36N2O2S. The van der Waals surface area contributed by atoms with E-state index in [-0.39, 0.29) is 17.9 Å². The van der Waals surface area contributed by atoms with Gasteiger partial charge < -0.3 is 10.2 Å². The summed E-state index contributed by atoms with van der Waals surface area (Å²) in [5.41, 5.74) is 4.74. The SMILES string of the molecule is CCC(C(=O)NC1CCCC1)N(Cc1ccc(C)cc1)C(=O)CSCc1ccccc1C. The van der Waals surface area contributed by atoms with Crippen molar-refractivity contribution in [2.75, 3.05) is 5.75 Å². The first-order chi connectivity index (χ1) is 15.5. The molecule has 0 radical (unpaired) electrons. The van der Waals surface area contributed by atoms with Gasteiger partial charge in [0, 0.05) is 18.3 Å². The third-order valence-corrected chi connectivity index (χ3v) is 7.27. The molecule has 3 rings (SSSR count). The number of rotatable bonds is 10. The minimum Gasteiger partial charge on any atom is -0.352 e. The van der Waals surface area contributed by atoms with Gasteiger partial charge in [-0.25, -0.2) is 0 Å². The molecule has 2 aromatic rings. The summed E-state index contributed by atoms with van der Waals surface area (Å²) in [5, 5.41) is 3.21. The zero-order valence-corrected chi connectivity index (χ0v) is 20.4. The molecule has 1 aliphatic rings. The van der Waals surface area contributed by atoms with Gasteiger partial charge in [0.05, 0.1) is 5.75 Å². The van der Waals surface area contributed by atoms with Crippen LogP contribution in [0.1, 0.15) is 61.3 Å². The van der Waals surface area contributed by atoms with Crippen LogP contribution in [-0.4, -0.2) is 34.6 Å². The normalized spacial score (nSPS) is 14.8. The van der Waals surface area contributed by atoms with E-state index >= 15 is 0 Å². The summed E-state index contributed by atoms with van der Waals surface area (Å²) in [6, 6.07) is 16.3. The number of nitrogens with zero attached hydrogens (tertiary/aromatic N) is 1. The summed E-state index contributed by atoms with van der Waals surface area (Å²) >= 11 is 1.62. The van der Waals surface area contributed by atoms with Crippen LogP contribution >= 0.6 is 11.8 Å². The summed E-state index contributed by atoms with van der Waals surface area (Å²) in [4.78, 5) is 28.3. The van der Waals surface area contributed by atoms with Crippen molar-refractivity contribution in [2.45, 2.75) is 77.3 Å². The third kappa shape index (κ3) is 6.86. The Hall–Kier alpha value is -2.27. The fraction of sp³-hybridized carbons (Fsp3) is 0.481. The lowest BCUT2D eigenvalue weighted by Gasteiger charge is -2.31. The summed E-state index contributed by atoms with van der Waals surface area (Å²) in [6.45, 7) is 6.61. The van der Waals surface area contributed by atoms with E-state index < -0.39 is 6.04 Å². The second kappa shape index (κ2) is 12.1. The Morgan fingerprint density at radius 3 is 2.41 bits per heavy atom. The second-order valence-electron chi connectivity index (χ2n) is 8.84. The van der Waals surface area contributed by atoms with Crippen LogP contribution in [0.2, 0.25) is 0 Å². The van der Waals surface area contributed by atoms with E-state index in [0.717, 1.165) is 24.2 Å². The van der Waals surface area contributed by atoms with Crippen molar-refractivity contribution in [2.24, 2.45) is 0 Å². The third-order valence-electron chi connectivity index (χ3n) is 6.31. The molecule has 0 spiro atoms. The van der Waals surface area contributed by atoms with E-state index in [2.05, 4.69) is 55.6 Å². The topological polar surface area (TPSA) is 49.4 Å². The van der Waals surface area contributed by atoms with Crippen LogP contribution < -0.4 is 5.32 Å². The Labute approximate surface area is 197 Å². The molecule has 1 atom stereocenters. The molecule has 1 saturated carbocycles. The Bertz CT molecular complexity index is 891. The van der Waals surface area contributed by atoms with Crippen molar-refractivity contribution in [3.8, 4) is 0 Å². The van der Waals surface area contributed by atoms with Crippen molar-refractivity contribution in [3.05, 3.63) is 70.8 Å². The van der Waals surface area contributed by atoms with Crippen LogP contribution in [0, 0.1) is 13.8 Å². The molecule has 1 fully saturated rings. The maximum Gasteiger partial charge on any atom is 0.243 e. The van der Waals surface area contributed by atoms with E-state index in [1.54, 1.807) is 16.7 Å². The number of hydrogen-bond acceptors (Lipinski definition) is 3. The fourth-order valence-corrected chi connectivity index (χ4v) is 5.27. The Kier molecular flexibility index (Phi) is 9.22. The Morgan fingerprint density at radius 1 is 1.06 bits per heavy atom. The molecule has 4 nitrogen and oxygen atoms in total. The largest absolute Gasteiger partial charge is 0.352 e. The quantitative estimate of drug-likeness (QED) is 0.525. The van der Waals surface area contributed by atoms with Gasteiger partial charge in [0.1, 0.15) is 6.04 Å². The predicted molar refractivity (Wildman–Crippen MR) is 134 cm³/mol. The van der Waals surface area contributed by atoms with E-state index in [1.807, 2.05) is 19.1 Å². The molecule has 0 saturated heterocycles. The number of thioether (sulfide) groups is 1. The van der Waals surface area contributed by atoms with Crippen LogP contribution in [0.3, 0.4) is 0 Å². The maximum absolute atomic E-state index is 13.4. The van der Waals surface area contributed by atoms with E-state index in [1.165, 1.54) is 29.5 Å². The molecule has 0 bridgehead atoms. The smallest absolute Gasteiger partial charge is 0.243 e. The summed E-state index contributed by atoms with van der Waals surface area (Å²) < 4.78 is 0. The van der Waals surface area contributed by atoms with Gasteiger partial charge in [0.25, 0.3) is 0 Å². The lowest BCUT2D eigenvalue weighted by molar-refractivity contribution is -0.139. The van der Waals surface area contributed by atoms with E-state index in [9.17, 15) is 9.59 Å². The van der Waals surface area contributed by atoms with Gasteiger partial charge in [-0.1, -0.05) is 73.9 Å². The van der Waals surface area contributed by atoms with Crippen molar-refractivity contribution >= 4 is 23.6 Å². The summed E-state index contributed by atoms with van der Waals surface area (Å²) in [6.07, 6.45) is 5.03. The van der Waals surface area contributed by atoms with E-state index in [0.29, 0.717) is 18.7 Å². The van der Waals surface area contributed by atoms with Crippen molar-refractivity contribution < 1.29 is 9.59 Å². The van der Waals surface area contributed by atoms with Crippen LogP contribution in [0.15, 0.2) is 48.5 Å². The van der Waals surface area contributed by atoms with Crippen LogP contribution in [0.25, 0.3) is 0 Å². The number of carbonyl (C=O) groups excluding carboxylic acids is 2. The Morgan fingerprint density at radius 2 is 1.75 bits per heavy atom. The number of nitrogens with one attached hydrogen (secondary N) is 1. The van der Waals surface area contributed by atoms with Gasteiger partial charge in [0.15, 0.2) is 0 Å². The predicted octanol–water partition coefficient (Wildman–Crippen LogP) is 5.40. The highest BCUT2D eigenvalue weighted by molar-refractivity contribution is 7.99. The highest BCUT2D eigenvalue weighted by Crippen LogP contribution is 2.21. The zero-order chi connectivity index (χ0) is 22.9. The monoisotopic (exact) mass is 452 g/mol. The average Bonchev–Trinajstić information content (AvgIpc) is 3.29. The molecule has 0 heterocycles. The number of carbonyl (C=O) groups is 2. The van der Waals surface area contributed by atoms with Crippen molar-refractivity contribution in [1.29, 1.82) is 0 Å². The number of aryl methyl sites for hydroxylation is 2. The highest BCUT2D eigenvalue weighted by atomic mass is 32.2. The summed E-state index contributed by atoms with van der Waals surface area (Å²) in [7, 11) is 0. The lowest BCUT2D eigenvalue weighted by Crippen LogP contribution is -2.51. The number of benzene rings is 2. The van der Waals surface area contributed by atoms with Crippen molar-refractivity contribution in [1.82, 2.24) is 10.2 Å². The van der Waals surface area contributed by atoms with Crippen LogP contribution in [-0.2, 0) is 21.9 Å². The first-order valence-corrected chi connectivity index (χ1v) is 12.9. The molecule has 0 aromatic heterocycles. The molecule has 0 aliphatic heterocycles. The second-order valence-corrected chi connectivity index (χ2v) is 9.83.